The van der Waals surface area contributed by atoms with Gasteiger partial charge in [0.05, 0.1) is 20.3 Å². The fraction of sp³-hybridized carbons (Fsp3) is 0.250. The Kier molecular flexibility index (Phi) is 11.9. The Hall–Kier alpha value is -3.28. The van der Waals surface area contributed by atoms with Crippen LogP contribution in [0.5, 0.6) is 5.75 Å². The Morgan fingerprint density at radius 3 is 1.98 bits per heavy atom. The Bertz CT molecular complexity index is 1410. The van der Waals surface area contributed by atoms with E-state index in [0.29, 0.717) is 5.75 Å². The highest BCUT2D eigenvalue weighted by Crippen LogP contribution is 2.26. The number of benzene rings is 3. The molecule has 0 radical (unpaired) electrons. The second kappa shape index (κ2) is 15.8. The lowest BCUT2D eigenvalue weighted by molar-refractivity contribution is -0.279. The first-order chi connectivity index (χ1) is 20.3. The van der Waals surface area contributed by atoms with Crippen molar-refractivity contribution in [1.82, 2.24) is 0 Å². The van der Waals surface area contributed by atoms with Gasteiger partial charge in [0.2, 0.25) is 0 Å². The van der Waals surface area contributed by atoms with Gasteiger partial charge < -0.3 is 28.4 Å². The van der Waals surface area contributed by atoms with E-state index >= 15 is 0 Å². The zero-order chi connectivity index (χ0) is 29.9. The predicted molar refractivity (Wildman–Crippen MR) is 164 cm³/mol. The predicted octanol–water partition coefficient (Wildman–Crippen LogP) is 6.36. The molecule has 1 saturated heterocycles. The van der Waals surface area contributed by atoms with E-state index < -0.39 is 36.5 Å². The maximum absolute atomic E-state index is 12.9. The van der Waals surface area contributed by atoms with Gasteiger partial charge in [-0.2, -0.15) is 0 Å². The molecular formula is C32H30Br2O8. The Morgan fingerprint density at radius 2 is 1.43 bits per heavy atom. The monoisotopic (exact) mass is 700 g/mol. The second-order valence-electron chi connectivity index (χ2n) is 9.21. The summed E-state index contributed by atoms with van der Waals surface area (Å²) in [6.45, 7) is 0.124. The van der Waals surface area contributed by atoms with Crippen LogP contribution in [-0.4, -0.2) is 57.4 Å². The maximum atomic E-state index is 12.9. The molecule has 4 rings (SSSR count). The quantitative estimate of drug-likeness (QED) is 0.169. The first-order valence-corrected chi connectivity index (χ1v) is 14.6. The van der Waals surface area contributed by atoms with Gasteiger partial charge in [-0.3, -0.25) is 0 Å². The zero-order valence-electron chi connectivity index (χ0n) is 23.0. The summed E-state index contributed by atoms with van der Waals surface area (Å²) in [5, 5.41) is 0. The van der Waals surface area contributed by atoms with Crippen LogP contribution in [0.15, 0.2) is 93.9 Å². The van der Waals surface area contributed by atoms with Crippen molar-refractivity contribution in [3.63, 3.8) is 0 Å². The van der Waals surface area contributed by atoms with Crippen molar-refractivity contribution in [3.05, 3.63) is 111 Å². The molecule has 8 nitrogen and oxygen atoms in total. The lowest BCUT2D eigenvalue weighted by Crippen LogP contribution is -2.57. The summed E-state index contributed by atoms with van der Waals surface area (Å²) in [4.78, 5) is 25.7. The average Bonchev–Trinajstić information content (AvgIpc) is 2.99. The van der Waals surface area contributed by atoms with Gasteiger partial charge in [0.15, 0.2) is 18.5 Å². The van der Waals surface area contributed by atoms with Gasteiger partial charge in [0.1, 0.15) is 11.9 Å². The summed E-state index contributed by atoms with van der Waals surface area (Å²) in [5.74, 6) is -0.528. The van der Waals surface area contributed by atoms with E-state index in [-0.39, 0.29) is 13.2 Å². The lowest BCUT2D eigenvalue weighted by Gasteiger charge is -2.40. The summed E-state index contributed by atoms with van der Waals surface area (Å²) in [5.41, 5.74) is 2.47. The number of esters is 2. The van der Waals surface area contributed by atoms with Crippen molar-refractivity contribution in [2.24, 2.45) is 0 Å². The van der Waals surface area contributed by atoms with E-state index in [4.69, 9.17) is 28.4 Å². The van der Waals surface area contributed by atoms with Crippen LogP contribution in [0.4, 0.5) is 0 Å². The average molecular weight is 702 g/mol. The topological polar surface area (TPSA) is 89.5 Å². The van der Waals surface area contributed by atoms with Crippen LogP contribution in [0.2, 0.25) is 0 Å². The molecule has 3 aromatic carbocycles. The number of rotatable bonds is 11. The highest BCUT2D eigenvalue weighted by Gasteiger charge is 2.46. The smallest absolute Gasteiger partial charge is 0.331 e. The Labute approximate surface area is 261 Å². The lowest BCUT2D eigenvalue weighted by atomic mass is 10.0. The van der Waals surface area contributed by atoms with Crippen molar-refractivity contribution in [2.75, 3.05) is 20.8 Å². The molecule has 4 atom stereocenters. The Balaban J connectivity index is 1.52. The highest BCUT2D eigenvalue weighted by molar-refractivity contribution is 9.10. The van der Waals surface area contributed by atoms with Crippen LogP contribution in [-0.2, 0) is 39.9 Å². The van der Waals surface area contributed by atoms with Crippen LogP contribution in [0.3, 0.4) is 0 Å². The van der Waals surface area contributed by atoms with Crippen LogP contribution < -0.4 is 4.74 Å². The molecule has 0 spiro atoms. The molecule has 1 heterocycles. The minimum absolute atomic E-state index is 0.0236. The summed E-state index contributed by atoms with van der Waals surface area (Å²) in [7, 11) is 3.03. The Morgan fingerprint density at radius 1 is 0.833 bits per heavy atom. The molecule has 42 heavy (non-hydrogen) atoms. The zero-order valence-corrected chi connectivity index (χ0v) is 26.2. The van der Waals surface area contributed by atoms with Crippen LogP contribution in [0.1, 0.15) is 16.7 Å². The number of ether oxygens (including phenoxy) is 6. The van der Waals surface area contributed by atoms with E-state index in [1.54, 1.807) is 19.3 Å². The first kappa shape index (κ1) is 31.7. The van der Waals surface area contributed by atoms with Crippen LogP contribution in [0, 0.1) is 0 Å². The summed E-state index contributed by atoms with van der Waals surface area (Å²) >= 11 is 6.83. The van der Waals surface area contributed by atoms with Crippen LogP contribution >= 0.6 is 31.9 Å². The first-order valence-electron chi connectivity index (χ1n) is 13.0. The fourth-order valence-corrected chi connectivity index (χ4v) is 5.03. The normalized spacial score (nSPS) is 20.5. The van der Waals surface area contributed by atoms with E-state index in [9.17, 15) is 9.59 Å². The molecule has 0 aromatic heterocycles. The minimum atomic E-state index is -1.03. The standard InChI is InChI=1S/C32H30Br2O8/c1-37-26-13-9-23(10-14-26)19-39-30-27(41-28(35)15-11-21-5-3-7-24(33)17-21)20-40-32(38-2)31(30)42-29(36)16-12-22-6-4-8-25(34)18-22/h3-18,27,30-32H,19-20H2,1-2H3/b15-11+,16-12+/t27-,30+,31-,32-/m1/s1. The SMILES string of the molecule is COc1ccc(CO[C@@H]2[C@@H](OC(=O)/C=C/c3cccc(Br)c3)[C@H](OC)OC[C@H]2OC(=O)/C=C/c2cccc(Br)c2)cc1. The van der Waals surface area contributed by atoms with Gasteiger partial charge in [-0.25, -0.2) is 9.59 Å². The second-order valence-corrected chi connectivity index (χ2v) is 11.0. The van der Waals surface area contributed by atoms with Gasteiger partial charge in [-0.05, 0) is 65.2 Å². The molecule has 1 fully saturated rings. The third-order valence-corrected chi connectivity index (χ3v) is 7.24. The summed E-state index contributed by atoms with van der Waals surface area (Å²) in [6.07, 6.45) is 2.16. The van der Waals surface area contributed by atoms with Gasteiger partial charge in [-0.15, -0.1) is 0 Å². The number of halogens is 2. The third-order valence-electron chi connectivity index (χ3n) is 6.26. The molecule has 0 amide bonds. The molecule has 1 aliphatic heterocycles. The van der Waals surface area contributed by atoms with Gasteiger partial charge in [0, 0.05) is 28.2 Å². The van der Waals surface area contributed by atoms with Crippen molar-refractivity contribution >= 4 is 56.0 Å². The van der Waals surface area contributed by atoms with Crippen molar-refractivity contribution in [1.29, 1.82) is 0 Å². The van der Waals surface area contributed by atoms with Crippen LogP contribution in [0.25, 0.3) is 12.2 Å². The van der Waals surface area contributed by atoms with Crippen molar-refractivity contribution in [2.45, 2.75) is 31.2 Å². The molecule has 3 aromatic rings. The molecule has 0 aliphatic carbocycles. The molecule has 0 bridgehead atoms. The molecule has 1 aliphatic rings. The van der Waals surface area contributed by atoms with Crippen molar-refractivity contribution in [3.8, 4) is 5.75 Å². The molecule has 0 saturated carbocycles. The van der Waals surface area contributed by atoms with E-state index in [2.05, 4.69) is 31.9 Å². The van der Waals surface area contributed by atoms with E-state index in [1.807, 2.05) is 72.8 Å². The number of hydrogen-bond acceptors (Lipinski definition) is 8. The number of carbonyl (C=O) groups excluding carboxylic acids is 2. The largest absolute Gasteiger partial charge is 0.497 e. The molecule has 220 valence electrons. The third kappa shape index (κ3) is 9.37. The number of methoxy groups -OCH3 is 2. The van der Waals surface area contributed by atoms with Gasteiger partial charge in [0.25, 0.3) is 0 Å². The van der Waals surface area contributed by atoms with Gasteiger partial charge >= 0.3 is 11.9 Å². The number of carbonyl (C=O) groups is 2. The maximum Gasteiger partial charge on any atom is 0.331 e. The van der Waals surface area contributed by atoms with E-state index in [1.165, 1.54) is 19.3 Å². The fourth-order valence-electron chi connectivity index (χ4n) is 4.20. The molecule has 10 heteroatoms. The van der Waals surface area contributed by atoms with Crippen molar-refractivity contribution < 1.29 is 38.0 Å². The minimum Gasteiger partial charge on any atom is -0.497 e. The van der Waals surface area contributed by atoms with Gasteiger partial charge in [-0.1, -0.05) is 68.3 Å². The molecular weight excluding hydrogens is 672 g/mol. The van der Waals surface area contributed by atoms with E-state index in [0.717, 1.165) is 25.6 Å². The molecule has 0 N–H and O–H groups in total. The molecule has 0 unspecified atom stereocenters. The number of hydrogen-bond donors (Lipinski definition) is 0. The summed E-state index contributed by atoms with van der Waals surface area (Å²) < 4.78 is 36.0. The highest BCUT2D eigenvalue weighted by atomic mass is 79.9. The summed E-state index contributed by atoms with van der Waals surface area (Å²) in [6, 6.07) is 22.3.